The molecule has 0 spiro atoms. The van der Waals surface area contributed by atoms with Gasteiger partial charge < -0.3 is 19.6 Å². The third-order valence-corrected chi connectivity index (χ3v) is 3.45. The second kappa shape index (κ2) is 6.58. The van der Waals surface area contributed by atoms with Crippen LogP contribution in [0.4, 0.5) is 4.79 Å². The number of ether oxygens (including phenoxy) is 1. The number of carbonyl (C=O) groups is 2. The Hall–Kier alpha value is -1.30. The van der Waals surface area contributed by atoms with Crippen molar-refractivity contribution in [2.24, 2.45) is 5.92 Å². The molecule has 2 unspecified atom stereocenters. The SMILES string of the molecule is COC1CN(C(=O)N(C)CCC(=O)O)CCC1C. The summed E-state index contributed by atoms with van der Waals surface area (Å²) in [5.74, 6) is -0.444. The summed E-state index contributed by atoms with van der Waals surface area (Å²) >= 11 is 0. The summed E-state index contributed by atoms with van der Waals surface area (Å²) in [5, 5.41) is 8.60. The first-order valence-electron chi connectivity index (χ1n) is 6.20. The fourth-order valence-electron chi connectivity index (χ4n) is 2.11. The smallest absolute Gasteiger partial charge is 0.319 e. The first-order valence-corrected chi connectivity index (χ1v) is 6.20. The normalized spacial score (nSPS) is 23.8. The molecule has 1 heterocycles. The Kier molecular flexibility index (Phi) is 5.40. The second-order valence-electron chi connectivity index (χ2n) is 4.83. The number of rotatable bonds is 4. The average Bonchev–Trinajstić information content (AvgIpc) is 2.35. The molecule has 2 amide bonds. The molecule has 1 aliphatic heterocycles. The lowest BCUT2D eigenvalue weighted by Gasteiger charge is -2.37. The minimum atomic E-state index is -0.892. The molecule has 1 aliphatic rings. The molecule has 0 bridgehead atoms. The van der Waals surface area contributed by atoms with Gasteiger partial charge in [-0.1, -0.05) is 6.92 Å². The minimum Gasteiger partial charge on any atom is -0.481 e. The number of amides is 2. The lowest BCUT2D eigenvalue weighted by Crippen LogP contribution is -2.50. The van der Waals surface area contributed by atoms with Crippen molar-refractivity contribution >= 4 is 12.0 Å². The van der Waals surface area contributed by atoms with Crippen LogP contribution in [-0.4, -0.2) is 66.8 Å². The summed E-state index contributed by atoms with van der Waals surface area (Å²) in [7, 11) is 3.29. The van der Waals surface area contributed by atoms with Crippen molar-refractivity contribution in [2.45, 2.75) is 25.9 Å². The highest BCUT2D eigenvalue weighted by Gasteiger charge is 2.30. The summed E-state index contributed by atoms with van der Waals surface area (Å²) in [6.45, 7) is 3.63. The van der Waals surface area contributed by atoms with E-state index in [-0.39, 0.29) is 25.1 Å². The molecule has 18 heavy (non-hydrogen) atoms. The highest BCUT2D eigenvalue weighted by Crippen LogP contribution is 2.20. The summed E-state index contributed by atoms with van der Waals surface area (Å²) in [5.41, 5.74) is 0. The molecule has 0 aromatic heterocycles. The number of urea groups is 1. The first kappa shape index (κ1) is 14.8. The second-order valence-corrected chi connectivity index (χ2v) is 4.83. The van der Waals surface area contributed by atoms with Crippen LogP contribution in [0, 0.1) is 5.92 Å². The maximum absolute atomic E-state index is 12.1. The molecule has 1 N–H and O–H groups in total. The standard InChI is InChI=1S/C12H22N2O4/c1-9-4-7-14(8-10(9)18-3)12(17)13(2)6-5-11(15)16/h9-10H,4-8H2,1-3H3,(H,15,16). The van der Waals surface area contributed by atoms with Crippen molar-refractivity contribution in [1.29, 1.82) is 0 Å². The quantitative estimate of drug-likeness (QED) is 0.812. The van der Waals surface area contributed by atoms with Crippen molar-refractivity contribution < 1.29 is 19.4 Å². The predicted molar refractivity (Wildman–Crippen MR) is 66.4 cm³/mol. The van der Waals surface area contributed by atoms with Crippen molar-refractivity contribution in [2.75, 3.05) is 33.8 Å². The van der Waals surface area contributed by atoms with Gasteiger partial charge in [0.1, 0.15) is 0 Å². The number of carboxylic acid groups (broad SMARTS) is 1. The van der Waals surface area contributed by atoms with E-state index in [0.717, 1.165) is 6.42 Å². The summed E-state index contributed by atoms with van der Waals surface area (Å²) < 4.78 is 5.36. The number of nitrogens with zero attached hydrogens (tertiary/aromatic N) is 2. The van der Waals surface area contributed by atoms with Gasteiger partial charge in [0.15, 0.2) is 0 Å². The van der Waals surface area contributed by atoms with Gasteiger partial charge in [0, 0.05) is 33.8 Å². The average molecular weight is 258 g/mol. The minimum absolute atomic E-state index is 0.0276. The van der Waals surface area contributed by atoms with E-state index in [1.807, 2.05) is 0 Å². The number of piperidine rings is 1. The predicted octanol–water partition coefficient (Wildman–Crippen LogP) is 0.870. The van der Waals surface area contributed by atoms with Gasteiger partial charge in [-0.05, 0) is 12.3 Å². The molecule has 0 aliphatic carbocycles. The third kappa shape index (κ3) is 3.87. The molecular weight excluding hydrogens is 236 g/mol. The van der Waals surface area contributed by atoms with Gasteiger partial charge in [-0.15, -0.1) is 0 Å². The molecule has 0 aromatic rings. The van der Waals surface area contributed by atoms with Gasteiger partial charge >= 0.3 is 12.0 Å². The topological polar surface area (TPSA) is 70.1 Å². The molecule has 0 aromatic carbocycles. The summed E-state index contributed by atoms with van der Waals surface area (Å²) in [4.78, 5) is 25.7. The van der Waals surface area contributed by atoms with Crippen LogP contribution in [0.3, 0.4) is 0 Å². The number of aliphatic carboxylic acids is 1. The van der Waals surface area contributed by atoms with Gasteiger partial charge in [0.2, 0.25) is 0 Å². The van der Waals surface area contributed by atoms with Gasteiger partial charge in [-0.25, -0.2) is 4.79 Å². The molecule has 0 radical (unpaired) electrons. The molecule has 1 saturated heterocycles. The fourth-order valence-corrected chi connectivity index (χ4v) is 2.11. The van der Waals surface area contributed by atoms with Gasteiger partial charge in [-0.3, -0.25) is 4.79 Å². The van der Waals surface area contributed by atoms with Crippen molar-refractivity contribution in [3.8, 4) is 0 Å². The van der Waals surface area contributed by atoms with Crippen LogP contribution in [0.25, 0.3) is 0 Å². The van der Waals surface area contributed by atoms with Crippen LogP contribution >= 0.6 is 0 Å². The Balaban J connectivity index is 2.48. The van der Waals surface area contributed by atoms with Crippen LogP contribution in [0.1, 0.15) is 19.8 Å². The number of hydrogen-bond donors (Lipinski definition) is 1. The Morgan fingerprint density at radius 1 is 1.50 bits per heavy atom. The Morgan fingerprint density at radius 2 is 2.17 bits per heavy atom. The Bertz CT molecular complexity index is 308. The zero-order chi connectivity index (χ0) is 13.7. The van der Waals surface area contributed by atoms with E-state index in [9.17, 15) is 9.59 Å². The molecule has 104 valence electrons. The van der Waals surface area contributed by atoms with E-state index in [1.54, 1.807) is 19.1 Å². The number of likely N-dealkylation sites (tertiary alicyclic amines) is 1. The van der Waals surface area contributed by atoms with Crippen LogP contribution in [0.15, 0.2) is 0 Å². The Morgan fingerprint density at radius 3 is 2.72 bits per heavy atom. The highest BCUT2D eigenvalue weighted by molar-refractivity contribution is 5.75. The van der Waals surface area contributed by atoms with Crippen LogP contribution in [0.5, 0.6) is 0 Å². The van der Waals surface area contributed by atoms with E-state index in [2.05, 4.69) is 6.92 Å². The fraction of sp³-hybridized carbons (Fsp3) is 0.833. The maximum atomic E-state index is 12.1. The molecular formula is C12H22N2O4. The lowest BCUT2D eigenvalue weighted by atomic mass is 9.96. The van der Waals surface area contributed by atoms with E-state index in [1.165, 1.54) is 4.90 Å². The van der Waals surface area contributed by atoms with Gasteiger partial charge in [0.05, 0.1) is 12.5 Å². The molecule has 6 heteroatoms. The number of hydrogen-bond acceptors (Lipinski definition) is 3. The zero-order valence-corrected chi connectivity index (χ0v) is 11.3. The summed E-state index contributed by atoms with van der Waals surface area (Å²) in [6.07, 6.45) is 0.951. The van der Waals surface area contributed by atoms with Crippen LogP contribution in [0.2, 0.25) is 0 Å². The van der Waals surface area contributed by atoms with E-state index < -0.39 is 5.97 Å². The Labute approximate surface area is 107 Å². The van der Waals surface area contributed by atoms with Crippen LogP contribution < -0.4 is 0 Å². The van der Waals surface area contributed by atoms with Crippen LogP contribution in [-0.2, 0) is 9.53 Å². The number of carboxylic acids is 1. The van der Waals surface area contributed by atoms with E-state index in [4.69, 9.17) is 9.84 Å². The molecule has 6 nitrogen and oxygen atoms in total. The molecule has 1 fully saturated rings. The summed E-state index contributed by atoms with van der Waals surface area (Å²) in [6, 6.07) is -0.120. The zero-order valence-electron chi connectivity index (χ0n) is 11.3. The molecule has 1 rings (SSSR count). The first-order chi connectivity index (χ1) is 8.45. The van der Waals surface area contributed by atoms with Gasteiger partial charge in [-0.2, -0.15) is 0 Å². The molecule has 0 saturated carbocycles. The van der Waals surface area contributed by atoms with Crippen molar-refractivity contribution in [1.82, 2.24) is 9.80 Å². The highest BCUT2D eigenvalue weighted by atomic mass is 16.5. The molecule has 2 atom stereocenters. The third-order valence-electron chi connectivity index (χ3n) is 3.45. The van der Waals surface area contributed by atoms with Gasteiger partial charge in [0.25, 0.3) is 0 Å². The lowest BCUT2D eigenvalue weighted by molar-refractivity contribution is -0.137. The monoisotopic (exact) mass is 258 g/mol. The van der Waals surface area contributed by atoms with Crippen molar-refractivity contribution in [3.63, 3.8) is 0 Å². The number of methoxy groups -OCH3 is 1. The number of carbonyl (C=O) groups excluding carboxylic acids is 1. The van der Waals surface area contributed by atoms with Crippen molar-refractivity contribution in [3.05, 3.63) is 0 Å². The maximum Gasteiger partial charge on any atom is 0.319 e. The van der Waals surface area contributed by atoms with E-state index >= 15 is 0 Å². The largest absolute Gasteiger partial charge is 0.481 e. The van der Waals surface area contributed by atoms with E-state index in [0.29, 0.717) is 19.0 Å².